The molecule has 0 aliphatic rings. The zero-order valence-electron chi connectivity index (χ0n) is 15.1. The van der Waals surface area contributed by atoms with E-state index in [1.807, 2.05) is 0 Å². The Morgan fingerprint density at radius 1 is 0.542 bits per heavy atom. The second-order valence-electron chi connectivity index (χ2n) is 4.31. The first-order valence-corrected chi connectivity index (χ1v) is 10.6. The molecule has 0 unspecified atom stereocenters. The van der Waals surface area contributed by atoms with Gasteiger partial charge in [0.15, 0.2) is 0 Å². The van der Waals surface area contributed by atoms with Crippen LogP contribution >= 0.6 is 0 Å². The van der Waals surface area contributed by atoms with E-state index in [0.29, 0.717) is 0 Å². The summed E-state index contributed by atoms with van der Waals surface area (Å²) in [6.07, 6.45) is 0. The van der Waals surface area contributed by atoms with Gasteiger partial charge in [-0.2, -0.15) is 35.0 Å². The molecule has 24 heavy (non-hydrogen) atoms. The van der Waals surface area contributed by atoms with Crippen LogP contribution in [0.1, 0.15) is 0 Å². The molecule has 0 spiro atoms. The molecule has 0 saturated carbocycles. The molecule has 0 fully saturated rings. The standard InChI is InChI=1S/2C9H7.4CH3.Si.Zr/c2*1-2-5-9-7-3-6-8(9)4-1;;;;;;/h2*1-7H;4*1H3;;/q6*-1;;. The van der Waals surface area contributed by atoms with Crippen molar-refractivity contribution in [2.45, 2.75) is 0 Å². The van der Waals surface area contributed by atoms with Crippen molar-refractivity contribution in [2.75, 3.05) is 0 Å². The van der Waals surface area contributed by atoms with Crippen LogP contribution in [-0.2, 0) is 23.3 Å². The van der Waals surface area contributed by atoms with E-state index in [1.54, 1.807) is 0 Å². The zero-order chi connectivity index (χ0) is 14.2. The van der Waals surface area contributed by atoms with E-state index in [-0.39, 0.29) is 29.7 Å². The molecule has 2 heteroatoms. The van der Waals surface area contributed by atoms with Gasteiger partial charge in [0.2, 0.25) is 0 Å². The van der Waals surface area contributed by atoms with Gasteiger partial charge in [0.25, 0.3) is 0 Å². The molecule has 0 amide bonds. The van der Waals surface area contributed by atoms with E-state index in [1.165, 1.54) is 44.9 Å². The maximum atomic E-state index is 3.06. The molecule has 4 aromatic rings. The molecule has 0 aromatic heterocycles. The molecule has 0 aliphatic heterocycles. The summed E-state index contributed by atoms with van der Waals surface area (Å²) in [5.74, 6) is 0. The molecule has 0 bridgehead atoms. The maximum absolute atomic E-state index is 3.06. The predicted octanol–water partition coefficient (Wildman–Crippen LogP) is 6.54. The number of rotatable bonds is 0. The fraction of sp³-hybridized carbons (Fsp3) is 0. The zero-order valence-corrected chi connectivity index (χ0v) is 18.5. The van der Waals surface area contributed by atoms with Gasteiger partial charge in [0, 0.05) is 0 Å². The third-order valence-corrected chi connectivity index (χ3v) is 3.10. The van der Waals surface area contributed by atoms with Crippen molar-refractivity contribution in [1.82, 2.24) is 0 Å². The van der Waals surface area contributed by atoms with E-state index in [9.17, 15) is 0 Å². The molecule has 0 nitrogen and oxygen atoms in total. The van der Waals surface area contributed by atoms with Crippen LogP contribution in [0.3, 0.4) is 0 Å². The summed E-state index contributed by atoms with van der Waals surface area (Å²) in [7, 11) is 0. The summed E-state index contributed by atoms with van der Waals surface area (Å²) in [5, 5.41) is 5.32. The second kappa shape index (κ2) is 15.3. The molecule has 2 radical (unpaired) electrons. The summed E-state index contributed by atoms with van der Waals surface area (Å²) < 4.78 is 0. The Morgan fingerprint density at radius 2 is 0.875 bits per heavy atom. The number of hydrogen-bond acceptors (Lipinski definition) is 0. The average molecular weight is 410 g/mol. The van der Waals surface area contributed by atoms with Gasteiger partial charge >= 0.3 is 30.2 Å². The molecule has 0 aliphatic carbocycles. The Morgan fingerprint density at radius 3 is 1.21 bits per heavy atom. The summed E-state index contributed by atoms with van der Waals surface area (Å²) >= 11 is 1.36. The van der Waals surface area contributed by atoms with Gasteiger partial charge in [-0.1, -0.05) is 12.1 Å². The van der Waals surface area contributed by atoms with Crippen molar-refractivity contribution in [3.05, 3.63) is 115 Å². The van der Waals surface area contributed by atoms with Gasteiger partial charge < -0.3 is 29.7 Å². The quantitative estimate of drug-likeness (QED) is 0.229. The van der Waals surface area contributed by atoms with Crippen molar-refractivity contribution in [3.63, 3.8) is 0 Å². The van der Waals surface area contributed by atoms with Gasteiger partial charge in [-0.05, 0) is 0 Å². The van der Waals surface area contributed by atoms with Crippen molar-refractivity contribution in [1.29, 1.82) is 0 Å². The van der Waals surface area contributed by atoms with Crippen LogP contribution in [-0.4, -0.2) is 6.88 Å². The van der Waals surface area contributed by atoms with Crippen LogP contribution in [0, 0.1) is 29.7 Å². The summed E-state index contributed by atoms with van der Waals surface area (Å²) in [6.45, 7) is 3.06. The van der Waals surface area contributed by atoms with Crippen LogP contribution in [0.5, 0.6) is 0 Å². The van der Waals surface area contributed by atoms with Gasteiger partial charge in [-0.15, -0.1) is 59.3 Å². The maximum Gasteiger partial charge on any atom is -0.0809 e. The Labute approximate surface area is 165 Å². The predicted molar refractivity (Wildman–Crippen MR) is 110 cm³/mol. The Hall–Kier alpha value is -1.24. The summed E-state index contributed by atoms with van der Waals surface area (Å²) in [5.41, 5.74) is 0. The summed E-state index contributed by atoms with van der Waals surface area (Å²) in [6, 6.07) is 29.3. The minimum absolute atomic E-state index is 0. The van der Waals surface area contributed by atoms with E-state index in [4.69, 9.17) is 0 Å². The Kier molecular flexibility index (Phi) is 17.6. The topological polar surface area (TPSA) is 0 Å². The monoisotopic (exact) mass is 408 g/mol. The third kappa shape index (κ3) is 7.55. The van der Waals surface area contributed by atoms with Crippen LogP contribution in [0.25, 0.3) is 21.5 Å². The smallest absolute Gasteiger partial charge is 0.0809 e. The Balaban J connectivity index is -0.000000290. The van der Waals surface area contributed by atoms with E-state index >= 15 is 0 Å². The van der Waals surface area contributed by atoms with Crippen molar-refractivity contribution >= 4 is 28.4 Å². The van der Waals surface area contributed by atoms with Gasteiger partial charge in [0.1, 0.15) is 0 Å². The average Bonchev–Trinajstić information content (AvgIpc) is 3.18. The van der Waals surface area contributed by atoms with E-state index in [0.717, 1.165) is 0 Å². The van der Waals surface area contributed by atoms with Crippen molar-refractivity contribution in [2.24, 2.45) is 0 Å². The first-order valence-electron chi connectivity index (χ1n) is 6.39. The first kappa shape index (κ1) is 27.6. The summed E-state index contributed by atoms with van der Waals surface area (Å²) in [4.78, 5) is 0. The third-order valence-electron chi connectivity index (χ3n) is 3.10. The SMILES string of the molecule is [CH3-].[CH3-].[CH3-].[CH3-].[Si]=[Zr].c1ccc2[cH-]ccc2c1.c1ccc2[cH-]ccc2c1. The molecule has 0 heterocycles. The first-order chi connectivity index (χ1) is 9.93. The second-order valence-corrected chi connectivity index (χ2v) is 4.31. The van der Waals surface area contributed by atoms with Gasteiger partial charge in [-0.25, -0.2) is 0 Å². The van der Waals surface area contributed by atoms with Gasteiger partial charge in [0.05, 0.1) is 0 Å². The number of fused-ring (bicyclic) bond motifs is 2. The van der Waals surface area contributed by atoms with Crippen LogP contribution in [0.2, 0.25) is 0 Å². The van der Waals surface area contributed by atoms with E-state index < -0.39 is 0 Å². The molecule has 4 aromatic carbocycles. The molecule has 0 saturated heterocycles. The number of hydrogen-bond donors (Lipinski definition) is 0. The molecule has 0 atom stereocenters. The molecule has 0 N–H and O–H groups in total. The van der Waals surface area contributed by atoms with Crippen LogP contribution < -0.4 is 0 Å². The van der Waals surface area contributed by atoms with Crippen LogP contribution in [0.15, 0.2) is 84.9 Å². The molecule has 128 valence electrons. The molecular formula is C22H26SiZr-6. The largest absolute Gasteiger partial charge is 0.168 e. The van der Waals surface area contributed by atoms with Crippen molar-refractivity contribution in [3.8, 4) is 0 Å². The molecular weight excluding hydrogens is 384 g/mol. The Bertz CT molecular complexity index is 641. The van der Waals surface area contributed by atoms with Crippen molar-refractivity contribution < 1.29 is 23.3 Å². The fourth-order valence-corrected chi connectivity index (χ4v) is 2.14. The fourth-order valence-electron chi connectivity index (χ4n) is 2.14. The molecule has 4 rings (SSSR count). The minimum atomic E-state index is 0. The number of benzene rings is 2. The minimum Gasteiger partial charge on any atom is -0.168 e. The normalized spacial score (nSPS) is 7.79. The van der Waals surface area contributed by atoms with Gasteiger partial charge in [-0.3, -0.25) is 0 Å². The van der Waals surface area contributed by atoms with Crippen LogP contribution in [0.4, 0.5) is 0 Å². The van der Waals surface area contributed by atoms with E-state index in [2.05, 4.69) is 91.8 Å².